The molecule has 1 aromatic carbocycles. The monoisotopic (exact) mass is 270 g/mol. The molecule has 3 rings (SSSR count). The average Bonchev–Trinajstić information content (AvgIpc) is 2.84. The zero-order chi connectivity index (χ0) is 13.2. The molecule has 3 aromatic rings. The van der Waals surface area contributed by atoms with Gasteiger partial charge < -0.3 is 11.1 Å². The average molecular weight is 270 g/mol. The number of hydrogen-bond donors (Lipinski definition) is 2. The number of nitrogen functional groups attached to an aromatic ring is 1. The Labute approximate surface area is 115 Å². The summed E-state index contributed by atoms with van der Waals surface area (Å²) in [7, 11) is 0. The summed E-state index contributed by atoms with van der Waals surface area (Å²) in [5.41, 5.74) is 7.79. The summed E-state index contributed by atoms with van der Waals surface area (Å²) in [5, 5.41) is 6.58. The molecule has 0 bridgehead atoms. The van der Waals surface area contributed by atoms with Gasteiger partial charge in [-0.3, -0.25) is 4.98 Å². The maximum atomic E-state index is 5.97. The lowest BCUT2D eigenvalue weighted by Gasteiger charge is -2.10. The minimum absolute atomic E-state index is 0.763. The van der Waals surface area contributed by atoms with Crippen molar-refractivity contribution in [2.45, 2.75) is 13.5 Å². The molecule has 2 aromatic heterocycles. The predicted molar refractivity (Wildman–Crippen MR) is 80.3 cm³/mol. The number of aromatic nitrogens is 2. The van der Waals surface area contributed by atoms with E-state index in [0.717, 1.165) is 33.7 Å². The highest BCUT2D eigenvalue weighted by atomic mass is 32.1. The van der Waals surface area contributed by atoms with Gasteiger partial charge in [0.2, 0.25) is 0 Å². The number of pyridine rings is 1. The molecule has 0 aliphatic rings. The summed E-state index contributed by atoms with van der Waals surface area (Å²) in [4.78, 5) is 9.63. The minimum atomic E-state index is 0.763. The van der Waals surface area contributed by atoms with Crippen molar-refractivity contribution in [3.63, 3.8) is 0 Å². The fourth-order valence-electron chi connectivity index (χ4n) is 2.04. The highest BCUT2D eigenvalue weighted by molar-refractivity contribution is 7.11. The molecule has 96 valence electrons. The normalized spacial score (nSPS) is 10.8. The van der Waals surface area contributed by atoms with E-state index in [1.807, 2.05) is 37.5 Å². The first-order valence-electron chi connectivity index (χ1n) is 6.01. The smallest absolute Gasteiger partial charge is 0.0897 e. The summed E-state index contributed by atoms with van der Waals surface area (Å²) < 4.78 is 0. The summed E-state index contributed by atoms with van der Waals surface area (Å²) in [6, 6.07) is 5.85. The molecule has 0 aliphatic carbocycles. The van der Waals surface area contributed by atoms with E-state index < -0.39 is 0 Å². The Morgan fingerprint density at radius 1 is 1.21 bits per heavy atom. The summed E-state index contributed by atoms with van der Waals surface area (Å²) in [5.74, 6) is 0. The van der Waals surface area contributed by atoms with Gasteiger partial charge in [0, 0.05) is 45.6 Å². The molecule has 2 heterocycles. The van der Waals surface area contributed by atoms with Crippen molar-refractivity contribution in [2.75, 3.05) is 11.1 Å². The number of aryl methyl sites for hydroxylation is 1. The Kier molecular flexibility index (Phi) is 3.05. The molecule has 3 N–H and O–H groups in total. The molecule has 0 amide bonds. The lowest BCUT2D eigenvalue weighted by molar-refractivity contribution is 1.17. The highest BCUT2D eigenvalue weighted by Gasteiger charge is 2.04. The van der Waals surface area contributed by atoms with Crippen LogP contribution in [0.5, 0.6) is 0 Å². The molecular formula is C14H14N4S. The van der Waals surface area contributed by atoms with E-state index in [2.05, 4.69) is 15.3 Å². The molecule has 0 radical (unpaired) electrons. The first kappa shape index (κ1) is 11.9. The van der Waals surface area contributed by atoms with Gasteiger partial charge in [-0.2, -0.15) is 0 Å². The first-order chi connectivity index (χ1) is 9.24. The largest absolute Gasteiger partial charge is 0.398 e. The van der Waals surface area contributed by atoms with Gasteiger partial charge >= 0.3 is 0 Å². The van der Waals surface area contributed by atoms with Crippen molar-refractivity contribution in [1.29, 1.82) is 0 Å². The van der Waals surface area contributed by atoms with E-state index in [1.54, 1.807) is 17.5 Å². The van der Waals surface area contributed by atoms with Crippen LogP contribution < -0.4 is 11.1 Å². The lowest BCUT2D eigenvalue weighted by atomic mass is 10.1. The molecule has 0 aliphatic heterocycles. The number of fused-ring (bicyclic) bond motifs is 1. The maximum Gasteiger partial charge on any atom is 0.0897 e. The van der Waals surface area contributed by atoms with Crippen LogP contribution in [0.3, 0.4) is 0 Å². The second-order valence-corrected chi connectivity index (χ2v) is 5.64. The van der Waals surface area contributed by atoms with Gasteiger partial charge in [0.15, 0.2) is 0 Å². The van der Waals surface area contributed by atoms with E-state index >= 15 is 0 Å². The molecule has 4 nitrogen and oxygen atoms in total. The number of anilines is 2. The van der Waals surface area contributed by atoms with Crippen LogP contribution in [0.25, 0.3) is 10.8 Å². The van der Waals surface area contributed by atoms with E-state index in [4.69, 9.17) is 5.73 Å². The van der Waals surface area contributed by atoms with Crippen molar-refractivity contribution in [3.05, 3.63) is 46.7 Å². The van der Waals surface area contributed by atoms with Gasteiger partial charge in [-0.05, 0) is 25.1 Å². The fraction of sp³-hybridized carbons (Fsp3) is 0.143. The minimum Gasteiger partial charge on any atom is -0.398 e. The molecule has 0 atom stereocenters. The zero-order valence-corrected chi connectivity index (χ0v) is 11.4. The number of thiazole rings is 1. The quantitative estimate of drug-likeness (QED) is 0.717. The molecule has 5 heteroatoms. The van der Waals surface area contributed by atoms with Crippen molar-refractivity contribution in [1.82, 2.24) is 9.97 Å². The predicted octanol–water partition coefficient (Wildman–Crippen LogP) is 3.19. The number of nitrogens with two attached hydrogens (primary N) is 1. The molecular weight excluding hydrogens is 256 g/mol. The summed E-state index contributed by atoms with van der Waals surface area (Å²) in [6.07, 6.45) is 5.51. The van der Waals surface area contributed by atoms with Crippen molar-refractivity contribution < 1.29 is 0 Å². The van der Waals surface area contributed by atoms with Crippen LogP contribution in [0.2, 0.25) is 0 Å². The Morgan fingerprint density at radius 2 is 2.11 bits per heavy atom. The third-order valence-corrected chi connectivity index (χ3v) is 3.89. The van der Waals surface area contributed by atoms with E-state index in [-0.39, 0.29) is 0 Å². The first-order valence-corrected chi connectivity index (χ1v) is 6.83. The maximum absolute atomic E-state index is 5.97. The number of rotatable bonds is 3. The second kappa shape index (κ2) is 4.85. The van der Waals surface area contributed by atoms with Crippen molar-refractivity contribution >= 4 is 33.5 Å². The molecule has 0 fully saturated rings. The zero-order valence-electron chi connectivity index (χ0n) is 10.6. The SMILES string of the molecule is Cc1ncc(CNc2ccc(N)c3ccncc23)s1. The van der Waals surface area contributed by atoms with E-state index in [1.165, 1.54) is 4.88 Å². The number of benzene rings is 1. The fourth-order valence-corrected chi connectivity index (χ4v) is 2.77. The van der Waals surface area contributed by atoms with E-state index in [0.29, 0.717) is 0 Å². The van der Waals surface area contributed by atoms with Gasteiger partial charge in [0.1, 0.15) is 0 Å². The lowest BCUT2D eigenvalue weighted by Crippen LogP contribution is -1.99. The van der Waals surface area contributed by atoms with Crippen LogP contribution in [0, 0.1) is 6.92 Å². The van der Waals surface area contributed by atoms with Crippen LogP contribution in [-0.4, -0.2) is 9.97 Å². The number of nitrogens with zero attached hydrogens (tertiary/aromatic N) is 2. The summed E-state index contributed by atoms with van der Waals surface area (Å²) >= 11 is 1.70. The van der Waals surface area contributed by atoms with Crippen LogP contribution in [-0.2, 0) is 6.54 Å². The Bertz CT molecular complexity index is 720. The topological polar surface area (TPSA) is 63.8 Å². The number of hydrogen-bond acceptors (Lipinski definition) is 5. The molecule has 19 heavy (non-hydrogen) atoms. The summed E-state index contributed by atoms with van der Waals surface area (Å²) in [6.45, 7) is 2.77. The van der Waals surface area contributed by atoms with Gasteiger partial charge in [0.25, 0.3) is 0 Å². The standard InChI is InChI=1S/C14H14N4S/c1-9-17-6-10(19-9)7-18-14-3-2-13(15)11-4-5-16-8-12(11)14/h2-6,8,18H,7,15H2,1H3. The van der Waals surface area contributed by atoms with Gasteiger partial charge in [-0.15, -0.1) is 11.3 Å². The molecule has 0 unspecified atom stereocenters. The van der Waals surface area contributed by atoms with Crippen LogP contribution in [0.1, 0.15) is 9.88 Å². The Morgan fingerprint density at radius 3 is 2.89 bits per heavy atom. The van der Waals surface area contributed by atoms with Crippen molar-refractivity contribution in [2.24, 2.45) is 0 Å². The molecule has 0 spiro atoms. The van der Waals surface area contributed by atoms with Crippen LogP contribution in [0.4, 0.5) is 11.4 Å². The van der Waals surface area contributed by atoms with Gasteiger partial charge in [0.05, 0.1) is 11.6 Å². The number of nitrogens with one attached hydrogen (secondary N) is 1. The molecule has 0 saturated carbocycles. The Balaban J connectivity index is 1.91. The van der Waals surface area contributed by atoms with Crippen molar-refractivity contribution in [3.8, 4) is 0 Å². The van der Waals surface area contributed by atoms with Crippen LogP contribution >= 0.6 is 11.3 Å². The highest BCUT2D eigenvalue weighted by Crippen LogP contribution is 2.28. The molecule has 0 saturated heterocycles. The second-order valence-electron chi connectivity index (χ2n) is 4.32. The Hall–Kier alpha value is -2.14. The van der Waals surface area contributed by atoms with Gasteiger partial charge in [-0.25, -0.2) is 4.98 Å². The van der Waals surface area contributed by atoms with Gasteiger partial charge in [-0.1, -0.05) is 0 Å². The third kappa shape index (κ3) is 2.37. The van der Waals surface area contributed by atoms with Crippen LogP contribution in [0.15, 0.2) is 36.8 Å². The van der Waals surface area contributed by atoms with E-state index in [9.17, 15) is 0 Å². The third-order valence-electron chi connectivity index (χ3n) is 2.97.